The molecule has 0 aliphatic carbocycles. The third-order valence-corrected chi connectivity index (χ3v) is 7.88. The summed E-state index contributed by atoms with van der Waals surface area (Å²) in [7, 11) is 1.55. The van der Waals surface area contributed by atoms with E-state index < -0.39 is 61.4 Å². The molecule has 2 aliphatic heterocycles. The maximum Gasteiger partial charge on any atom is 0.187 e. The molecule has 2 fully saturated rings. The molecule has 0 saturated carbocycles. The third-order valence-electron chi connectivity index (χ3n) is 7.88. The fraction of sp³-hybridized carbons (Fsp3) is 0.471. The van der Waals surface area contributed by atoms with Crippen LogP contribution in [0.15, 0.2) is 91.0 Å². The largest absolute Gasteiger partial charge is 0.387 e. The van der Waals surface area contributed by atoms with Gasteiger partial charge in [-0.1, -0.05) is 91.0 Å². The molecule has 0 radical (unpaired) electrons. The zero-order valence-electron chi connectivity index (χ0n) is 24.8. The van der Waals surface area contributed by atoms with Crippen molar-refractivity contribution in [3.8, 4) is 0 Å². The lowest BCUT2D eigenvalue weighted by molar-refractivity contribution is -0.363. The molecule has 10 atom stereocenters. The normalized spacial score (nSPS) is 32.9. The minimum atomic E-state index is -1.39. The van der Waals surface area contributed by atoms with Crippen LogP contribution in [0.5, 0.6) is 0 Å². The van der Waals surface area contributed by atoms with Crippen LogP contribution in [0, 0.1) is 0 Å². The second-order valence-corrected chi connectivity index (χ2v) is 11.0. The van der Waals surface area contributed by atoms with Crippen molar-refractivity contribution < 1.29 is 43.4 Å². The van der Waals surface area contributed by atoms with Crippen molar-refractivity contribution in [2.75, 3.05) is 7.11 Å². The molecule has 0 aromatic heterocycles. The summed E-state index contributed by atoms with van der Waals surface area (Å²) in [5, 5.41) is 22.3. The smallest absolute Gasteiger partial charge is 0.187 e. The van der Waals surface area contributed by atoms with E-state index in [2.05, 4.69) is 0 Å². The van der Waals surface area contributed by atoms with Gasteiger partial charge in [-0.25, -0.2) is 0 Å². The van der Waals surface area contributed by atoms with Crippen molar-refractivity contribution in [2.45, 2.75) is 95.1 Å². The molecule has 0 amide bonds. The van der Waals surface area contributed by atoms with E-state index in [1.165, 1.54) is 0 Å². The molecule has 0 unspecified atom stereocenters. The van der Waals surface area contributed by atoms with Gasteiger partial charge in [0.2, 0.25) is 0 Å². The quantitative estimate of drug-likeness (QED) is 0.322. The lowest BCUT2D eigenvalue weighted by atomic mass is 9.97. The van der Waals surface area contributed by atoms with Crippen LogP contribution >= 0.6 is 0 Å². The maximum absolute atomic E-state index is 11.2. The molecule has 43 heavy (non-hydrogen) atoms. The van der Waals surface area contributed by atoms with Crippen molar-refractivity contribution >= 4 is 0 Å². The molecular weight excluding hydrogens is 552 g/mol. The molecule has 2 N–H and O–H groups in total. The molecule has 0 bridgehead atoms. The number of methoxy groups -OCH3 is 1. The summed E-state index contributed by atoms with van der Waals surface area (Å²) in [5.41, 5.74) is 2.90. The first-order valence-corrected chi connectivity index (χ1v) is 14.8. The van der Waals surface area contributed by atoms with Crippen LogP contribution < -0.4 is 0 Å². The number of rotatable bonds is 12. The Morgan fingerprint density at radius 3 is 1.44 bits per heavy atom. The standard InChI is InChI=1S/C34H42O9/c1-22-29(38-19-24-13-7-4-8-14-24)27(35)28(36)33(41-22)43-31-30(39-20-25-15-9-5-10-16-25)23(2)42-34(37-3)32(31)40-21-26-17-11-6-12-18-26/h4-18,22-23,27-36H,19-21H2,1-3H3/t22-,23-,27-,28+,29-,30-,31+,32+,33-,34+/m0/s1. The summed E-state index contributed by atoms with van der Waals surface area (Å²) >= 11 is 0. The first-order valence-electron chi connectivity index (χ1n) is 14.8. The van der Waals surface area contributed by atoms with Gasteiger partial charge in [0.1, 0.15) is 36.6 Å². The van der Waals surface area contributed by atoms with Crippen LogP contribution in [0.4, 0.5) is 0 Å². The van der Waals surface area contributed by atoms with E-state index in [4.69, 9.17) is 33.2 Å². The van der Waals surface area contributed by atoms with Gasteiger partial charge in [-0.3, -0.25) is 0 Å². The topological polar surface area (TPSA) is 105 Å². The molecule has 3 aromatic rings. The van der Waals surface area contributed by atoms with Gasteiger partial charge in [0.25, 0.3) is 0 Å². The van der Waals surface area contributed by atoms with Crippen LogP contribution in [0.3, 0.4) is 0 Å². The van der Waals surface area contributed by atoms with Gasteiger partial charge in [0.05, 0.1) is 32.0 Å². The Hall–Kier alpha value is -2.70. The minimum absolute atomic E-state index is 0.270. The van der Waals surface area contributed by atoms with Crippen LogP contribution in [-0.2, 0) is 53.0 Å². The number of aliphatic hydroxyl groups is 2. The molecule has 2 aliphatic rings. The molecular formula is C34H42O9. The zero-order chi connectivity index (χ0) is 30.2. The second-order valence-electron chi connectivity index (χ2n) is 11.0. The average molecular weight is 595 g/mol. The van der Waals surface area contributed by atoms with Crippen molar-refractivity contribution in [3.05, 3.63) is 108 Å². The van der Waals surface area contributed by atoms with Crippen LogP contribution in [-0.4, -0.2) is 78.7 Å². The maximum atomic E-state index is 11.2. The van der Waals surface area contributed by atoms with E-state index in [-0.39, 0.29) is 13.2 Å². The number of hydrogen-bond acceptors (Lipinski definition) is 9. The molecule has 2 saturated heterocycles. The Morgan fingerprint density at radius 1 is 0.535 bits per heavy atom. The van der Waals surface area contributed by atoms with E-state index in [1.54, 1.807) is 14.0 Å². The molecule has 5 rings (SSSR count). The fourth-order valence-corrected chi connectivity index (χ4v) is 5.53. The molecule has 232 valence electrons. The molecule has 9 heteroatoms. The van der Waals surface area contributed by atoms with Crippen molar-refractivity contribution in [3.63, 3.8) is 0 Å². The van der Waals surface area contributed by atoms with Crippen LogP contribution in [0.2, 0.25) is 0 Å². The van der Waals surface area contributed by atoms with E-state index in [9.17, 15) is 10.2 Å². The highest BCUT2D eigenvalue weighted by molar-refractivity contribution is 5.15. The van der Waals surface area contributed by atoms with E-state index in [1.807, 2.05) is 97.9 Å². The van der Waals surface area contributed by atoms with Gasteiger partial charge < -0.3 is 43.4 Å². The monoisotopic (exact) mass is 594 g/mol. The summed E-state index contributed by atoms with van der Waals surface area (Å²) in [5.74, 6) is 0. The lowest BCUT2D eigenvalue weighted by Gasteiger charge is -2.48. The molecule has 0 spiro atoms. The van der Waals surface area contributed by atoms with E-state index >= 15 is 0 Å². The predicted molar refractivity (Wildman–Crippen MR) is 158 cm³/mol. The first-order chi connectivity index (χ1) is 20.9. The zero-order valence-corrected chi connectivity index (χ0v) is 24.8. The van der Waals surface area contributed by atoms with Crippen molar-refractivity contribution in [1.82, 2.24) is 0 Å². The van der Waals surface area contributed by atoms with Crippen molar-refractivity contribution in [2.24, 2.45) is 0 Å². The summed E-state index contributed by atoms with van der Waals surface area (Å²) < 4.78 is 43.3. The number of aliphatic hydroxyl groups excluding tert-OH is 2. The Morgan fingerprint density at radius 2 is 0.953 bits per heavy atom. The number of hydrogen-bond donors (Lipinski definition) is 2. The second kappa shape index (κ2) is 15.3. The van der Waals surface area contributed by atoms with Gasteiger partial charge in [-0.05, 0) is 30.5 Å². The summed E-state index contributed by atoms with van der Waals surface area (Å²) in [6.45, 7) is 4.53. The van der Waals surface area contributed by atoms with Crippen molar-refractivity contribution in [1.29, 1.82) is 0 Å². The molecule has 2 heterocycles. The van der Waals surface area contributed by atoms with Gasteiger partial charge in [-0.15, -0.1) is 0 Å². The summed E-state index contributed by atoms with van der Waals surface area (Å²) in [6.07, 6.45) is -8.49. The predicted octanol–water partition coefficient (Wildman–Crippen LogP) is 3.99. The first kappa shape index (κ1) is 31.7. The third kappa shape index (κ3) is 8.07. The summed E-state index contributed by atoms with van der Waals surface area (Å²) in [4.78, 5) is 0. The van der Waals surface area contributed by atoms with Crippen LogP contribution in [0.1, 0.15) is 30.5 Å². The fourth-order valence-electron chi connectivity index (χ4n) is 5.53. The summed E-state index contributed by atoms with van der Waals surface area (Å²) in [6, 6.07) is 29.2. The Labute approximate surface area is 253 Å². The van der Waals surface area contributed by atoms with Gasteiger partial charge in [0.15, 0.2) is 12.6 Å². The van der Waals surface area contributed by atoms with E-state index in [0.29, 0.717) is 6.61 Å². The molecule has 3 aromatic carbocycles. The number of ether oxygens (including phenoxy) is 7. The number of benzene rings is 3. The highest BCUT2D eigenvalue weighted by atomic mass is 16.7. The van der Waals surface area contributed by atoms with Gasteiger partial charge in [0, 0.05) is 7.11 Å². The highest BCUT2D eigenvalue weighted by Crippen LogP contribution is 2.33. The van der Waals surface area contributed by atoms with Gasteiger partial charge >= 0.3 is 0 Å². The van der Waals surface area contributed by atoms with E-state index in [0.717, 1.165) is 16.7 Å². The SMILES string of the molecule is CO[C@@H]1O[C@@H](C)[C@H](OCc2ccccc2)[C@@H](O[C@@H]2O[C@@H](C)[C@H](OCc3ccccc3)[C@@H](O)[C@H]2O)[C@H]1OCc1ccccc1. The average Bonchev–Trinajstić information content (AvgIpc) is 3.04. The Bertz CT molecular complexity index is 1210. The van der Waals surface area contributed by atoms with Crippen LogP contribution in [0.25, 0.3) is 0 Å². The minimum Gasteiger partial charge on any atom is -0.387 e. The highest BCUT2D eigenvalue weighted by Gasteiger charge is 2.51. The Balaban J connectivity index is 1.34. The molecule has 9 nitrogen and oxygen atoms in total. The Kier molecular flexibility index (Phi) is 11.3. The van der Waals surface area contributed by atoms with Gasteiger partial charge in [-0.2, -0.15) is 0 Å². The lowest BCUT2D eigenvalue weighted by Crippen LogP contribution is -2.64.